The largest absolute Gasteiger partial charge is 0.409 e. The molecule has 1 aliphatic carbocycles. The molecule has 0 bridgehead atoms. The van der Waals surface area contributed by atoms with Gasteiger partial charge in [0.2, 0.25) is 5.91 Å². The summed E-state index contributed by atoms with van der Waals surface area (Å²) in [6, 6.07) is -0.161. The fourth-order valence-corrected chi connectivity index (χ4v) is 2.31. The van der Waals surface area contributed by atoms with Gasteiger partial charge in [0, 0.05) is 11.6 Å². The quantitative estimate of drug-likeness (QED) is 0.321. The molecule has 1 fully saturated rings. The number of oxime groups is 1. The van der Waals surface area contributed by atoms with Crippen molar-refractivity contribution < 1.29 is 10.0 Å². The normalized spacial score (nSPS) is 19.7. The van der Waals surface area contributed by atoms with Gasteiger partial charge in [-0.15, -0.1) is 11.3 Å². The number of hydrogen-bond donors (Lipinski definition) is 3. The highest BCUT2D eigenvalue weighted by Gasteiger charge is 2.54. The lowest BCUT2D eigenvalue weighted by Gasteiger charge is -2.17. The summed E-state index contributed by atoms with van der Waals surface area (Å²) in [6.07, 6.45) is 2.94. The second-order valence-electron chi connectivity index (χ2n) is 4.13. The van der Waals surface area contributed by atoms with Crippen LogP contribution in [-0.2, 0) is 4.79 Å². The summed E-state index contributed by atoms with van der Waals surface area (Å²) >= 11 is 1.48. The SMILES string of the molecule is CC(NC(=O)C1(/C(N)=N/O)CC1)c1nccs1. The average Bonchev–Trinajstić information content (AvgIpc) is 2.95. The lowest BCUT2D eigenvalue weighted by Crippen LogP contribution is -2.41. The van der Waals surface area contributed by atoms with Crippen LogP contribution >= 0.6 is 11.3 Å². The molecule has 92 valence electrons. The summed E-state index contributed by atoms with van der Waals surface area (Å²) in [6.45, 7) is 1.86. The number of amidine groups is 1. The van der Waals surface area contributed by atoms with E-state index >= 15 is 0 Å². The smallest absolute Gasteiger partial charge is 0.234 e. The van der Waals surface area contributed by atoms with E-state index in [1.807, 2.05) is 12.3 Å². The Morgan fingerprint density at radius 1 is 1.76 bits per heavy atom. The van der Waals surface area contributed by atoms with Gasteiger partial charge in [0.05, 0.1) is 6.04 Å². The van der Waals surface area contributed by atoms with Crippen molar-refractivity contribution in [1.82, 2.24) is 10.3 Å². The topological polar surface area (TPSA) is 101 Å². The zero-order valence-electron chi connectivity index (χ0n) is 9.38. The molecule has 0 radical (unpaired) electrons. The van der Waals surface area contributed by atoms with Crippen molar-refractivity contribution in [3.63, 3.8) is 0 Å². The van der Waals surface area contributed by atoms with Gasteiger partial charge in [-0.1, -0.05) is 5.16 Å². The van der Waals surface area contributed by atoms with E-state index in [1.54, 1.807) is 6.20 Å². The molecular formula is C10H14N4O2S. The first-order chi connectivity index (χ1) is 8.10. The number of carbonyl (C=O) groups is 1. The van der Waals surface area contributed by atoms with Crippen LogP contribution < -0.4 is 11.1 Å². The minimum absolute atomic E-state index is 0.0126. The van der Waals surface area contributed by atoms with Crippen LogP contribution in [0.2, 0.25) is 0 Å². The minimum Gasteiger partial charge on any atom is -0.409 e. The zero-order chi connectivity index (χ0) is 12.5. The van der Waals surface area contributed by atoms with Crippen LogP contribution in [0.1, 0.15) is 30.8 Å². The van der Waals surface area contributed by atoms with E-state index in [0.29, 0.717) is 12.8 Å². The molecule has 4 N–H and O–H groups in total. The Kier molecular flexibility index (Phi) is 3.01. The van der Waals surface area contributed by atoms with Crippen molar-refractivity contribution in [3.05, 3.63) is 16.6 Å². The number of nitrogens with two attached hydrogens (primary N) is 1. The molecule has 1 heterocycles. The van der Waals surface area contributed by atoms with Crippen molar-refractivity contribution >= 4 is 23.1 Å². The lowest BCUT2D eigenvalue weighted by molar-refractivity contribution is -0.124. The third-order valence-corrected chi connectivity index (χ3v) is 3.91. The molecule has 1 aromatic rings. The summed E-state index contributed by atoms with van der Waals surface area (Å²) < 4.78 is 0. The van der Waals surface area contributed by atoms with Gasteiger partial charge < -0.3 is 16.3 Å². The Hall–Kier alpha value is -1.63. The van der Waals surface area contributed by atoms with Gasteiger partial charge in [-0.05, 0) is 19.8 Å². The fourth-order valence-electron chi connectivity index (χ4n) is 1.67. The Bertz CT molecular complexity index is 439. The molecule has 0 aromatic carbocycles. The van der Waals surface area contributed by atoms with E-state index in [9.17, 15) is 4.79 Å². The van der Waals surface area contributed by atoms with E-state index in [4.69, 9.17) is 10.9 Å². The lowest BCUT2D eigenvalue weighted by atomic mass is 10.0. The number of nitrogens with zero attached hydrogens (tertiary/aromatic N) is 2. The predicted octanol–water partition coefficient (Wildman–Crippen LogP) is 0.847. The number of amides is 1. The monoisotopic (exact) mass is 254 g/mol. The first-order valence-corrected chi connectivity index (χ1v) is 6.16. The number of hydrogen-bond acceptors (Lipinski definition) is 5. The molecule has 1 amide bonds. The second kappa shape index (κ2) is 4.33. The van der Waals surface area contributed by atoms with Crippen molar-refractivity contribution in [2.75, 3.05) is 0 Å². The highest BCUT2D eigenvalue weighted by Crippen LogP contribution is 2.46. The van der Waals surface area contributed by atoms with Crippen molar-refractivity contribution in [1.29, 1.82) is 0 Å². The van der Waals surface area contributed by atoms with Gasteiger partial charge in [0.25, 0.3) is 0 Å². The molecule has 0 spiro atoms. The van der Waals surface area contributed by atoms with Crippen molar-refractivity contribution in [2.45, 2.75) is 25.8 Å². The number of rotatable bonds is 4. The zero-order valence-corrected chi connectivity index (χ0v) is 10.2. The number of thiazole rings is 1. The van der Waals surface area contributed by atoms with Gasteiger partial charge in [0.15, 0.2) is 5.84 Å². The van der Waals surface area contributed by atoms with Crippen LogP contribution in [0.4, 0.5) is 0 Å². The summed E-state index contributed by atoms with van der Waals surface area (Å²) in [5, 5.41) is 17.1. The molecule has 0 saturated heterocycles. The van der Waals surface area contributed by atoms with E-state index in [0.717, 1.165) is 5.01 Å². The Labute approximate surface area is 103 Å². The standard InChI is InChI=1S/C10H14N4O2S/c1-6(7-12-4-5-17-7)13-9(15)10(2-3-10)8(11)14-16/h4-6,16H,2-3H2,1H3,(H2,11,14)(H,13,15). The van der Waals surface area contributed by atoms with Crippen LogP contribution in [-0.4, -0.2) is 21.9 Å². The molecule has 0 aliphatic heterocycles. The van der Waals surface area contributed by atoms with E-state index in [-0.39, 0.29) is 17.8 Å². The van der Waals surface area contributed by atoms with Gasteiger partial charge in [-0.2, -0.15) is 0 Å². The van der Waals surface area contributed by atoms with E-state index < -0.39 is 5.41 Å². The summed E-state index contributed by atoms with van der Waals surface area (Å²) in [5.74, 6) is -0.211. The number of aromatic nitrogens is 1. The van der Waals surface area contributed by atoms with Crippen LogP contribution in [0.25, 0.3) is 0 Å². The highest BCUT2D eigenvalue weighted by atomic mass is 32.1. The molecular weight excluding hydrogens is 240 g/mol. The molecule has 1 aliphatic rings. The summed E-state index contributed by atoms with van der Waals surface area (Å²) in [4.78, 5) is 16.2. The van der Waals surface area contributed by atoms with Gasteiger partial charge in [-0.3, -0.25) is 4.79 Å². The van der Waals surface area contributed by atoms with Crippen LogP contribution in [0.5, 0.6) is 0 Å². The van der Waals surface area contributed by atoms with Crippen LogP contribution in [0, 0.1) is 5.41 Å². The fraction of sp³-hybridized carbons (Fsp3) is 0.500. The summed E-state index contributed by atoms with van der Waals surface area (Å²) in [5.41, 5.74) is 4.73. The Balaban J connectivity index is 2.03. The third-order valence-electron chi connectivity index (χ3n) is 2.95. The second-order valence-corrected chi connectivity index (χ2v) is 5.06. The first-order valence-electron chi connectivity index (χ1n) is 5.28. The molecule has 6 nitrogen and oxygen atoms in total. The number of carbonyl (C=O) groups excluding carboxylic acids is 1. The van der Waals surface area contributed by atoms with Crippen LogP contribution in [0.3, 0.4) is 0 Å². The Morgan fingerprint density at radius 3 is 2.94 bits per heavy atom. The summed E-state index contributed by atoms with van der Waals surface area (Å²) in [7, 11) is 0. The predicted molar refractivity (Wildman–Crippen MR) is 63.7 cm³/mol. The molecule has 1 unspecified atom stereocenters. The maximum atomic E-state index is 12.0. The molecule has 1 aromatic heterocycles. The van der Waals surface area contributed by atoms with E-state index in [1.165, 1.54) is 11.3 Å². The van der Waals surface area contributed by atoms with Crippen molar-refractivity contribution in [3.8, 4) is 0 Å². The van der Waals surface area contributed by atoms with E-state index in [2.05, 4.69) is 15.5 Å². The maximum Gasteiger partial charge on any atom is 0.234 e. The van der Waals surface area contributed by atoms with Gasteiger partial charge in [-0.25, -0.2) is 4.98 Å². The van der Waals surface area contributed by atoms with Gasteiger partial charge in [0.1, 0.15) is 10.4 Å². The number of nitrogens with one attached hydrogen (secondary N) is 1. The highest BCUT2D eigenvalue weighted by molar-refractivity contribution is 7.09. The van der Waals surface area contributed by atoms with Crippen LogP contribution in [0.15, 0.2) is 16.7 Å². The Morgan fingerprint density at radius 2 is 2.47 bits per heavy atom. The molecule has 1 saturated carbocycles. The molecule has 1 atom stereocenters. The molecule has 7 heteroatoms. The molecule has 17 heavy (non-hydrogen) atoms. The third kappa shape index (κ3) is 2.10. The maximum absolute atomic E-state index is 12.0. The average molecular weight is 254 g/mol. The van der Waals surface area contributed by atoms with Crippen molar-refractivity contribution in [2.24, 2.45) is 16.3 Å². The van der Waals surface area contributed by atoms with Gasteiger partial charge >= 0.3 is 0 Å². The molecule has 2 rings (SSSR count). The minimum atomic E-state index is -0.805. The first kappa shape index (κ1) is 11.8.